The van der Waals surface area contributed by atoms with Crippen LogP contribution in [0.1, 0.15) is 26.0 Å². The monoisotopic (exact) mass is 300 g/mol. The molecular formula is C17H24N4O. The van der Waals surface area contributed by atoms with Crippen LogP contribution >= 0.6 is 0 Å². The molecule has 0 amide bonds. The molecule has 0 saturated heterocycles. The van der Waals surface area contributed by atoms with Gasteiger partial charge >= 0.3 is 0 Å². The van der Waals surface area contributed by atoms with Crippen molar-refractivity contribution >= 4 is 5.96 Å². The average Bonchev–Trinajstić information content (AvgIpc) is 3.00. The summed E-state index contributed by atoms with van der Waals surface area (Å²) in [5.74, 6) is 2.10. The normalized spacial score (nSPS) is 11.7. The molecule has 0 saturated carbocycles. The smallest absolute Gasteiger partial charge is 0.226 e. The van der Waals surface area contributed by atoms with Crippen molar-refractivity contribution in [1.82, 2.24) is 15.6 Å². The molecule has 0 aliphatic carbocycles. The predicted octanol–water partition coefficient (Wildman–Crippen LogP) is 3.05. The maximum absolute atomic E-state index is 5.52. The Morgan fingerprint density at radius 3 is 2.68 bits per heavy atom. The molecule has 0 bridgehead atoms. The lowest BCUT2D eigenvalue weighted by molar-refractivity contribution is 0.570. The van der Waals surface area contributed by atoms with Crippen molar-refractivity contribution in [3.63, 3.8) is 0 Å². The van der Waals surface area contributed by atoms with Crippen LogP contribution in [0.3, 0.4) is 0 Å². The van der Waals surface area contributed by atoms with Crippen LogP contribution in [-0.4, -0.2) is 24.5 Å². The largest absolute Gasteiger partial charge is 0.444 e. The van der Waals surface area contributed by atoms with Crippen LogP contribution in [0.25, 0.3) is 11.5 Å². The first-order valence-electron chi connectivity index (χ1n) is 7.63. The highest BCUT2D eigenvalue weighted by Gasteiger charge is 2.06. The van der Waals surface area contributed by atoms with Gasteiger partial charge in [-0.3, -0.25) is 4.99 Å². The third-order valence-electron chi connectivity index (χ3n) is 3.25. The zero-order valence-electron chi connectivity index (χ0n) is 13.5. The van der Waals surface area contributed by atoms with Crippen LogP contribution in [0.5, 0.6) is 0 Å². The first-order chi connectivity index (χ1) is 10.7. The van der Waals surface area contributed by atoms with Gasteiger partial charge in [-0.25, -0.2) is 4.98 Å². The molecule has 2 N–H and O–H groups in total. The lowest BCUT2D eigenvalue weighted by Gasteiger charge is -2.11. The quantitative estimate of drug-likeness (QED) is 0.636. The zero-order chi connectivity index (χ0) is 15.8. The summed E-state index contributed by atoms with van der Waals surface area (Å²) in [7, 11) is 1.77. The third-order valence-corrected chi connectivity index (χ3v) is 3.25. The number of nitrogens with one attached hydrogen (secondary N) is 2. The van der Waals surface area contributed by atoms with Gasteiger partial charge < -0.3 is 15.1 Å². The van der Waals surface area contributed by atoms with Crippen molar-refractivity contribution in [3.8, 4) is 11.5 Å². The van der Waals surface area contributed by atoms with Crippen molar-refractivity contribution in [2.45, 2.75) is 26.8 Å². The second-order valence-corrected chi connectivity index (χ2v) is 5.55. The number of hydrogen-bond acceptors (Lipinski definition) is 3. The van der Waals surface area contributed by atoms with Crippen molar-refractivity contribution in [2.75, 3.05) is 13.6 Å². The Balaban J connectivity index is 1.85. The lowest BCUT2D eigenvalue weighted by atomic mass is 10.1. The van der Waals surface area contributed by atoms with E-state index in [0.29, 0.717) is 18.4 Å². The second-order valence-electron chi connectivity index (χ2n) is 5.55. The van der Waals surface area contributed by atoms with E-state index >= 15 is 0 Å². The Kier molecular flexibility index (Phi) is 6.01. The van der Waals surface area contributed by atoms with Gasteiger partial charge in [0.15, 0.2) is 5.96 Å². The summed E-state index contributed by atoms with van der Waals surface area (Å²) in [5.41, 5.74) is 1.83. The highest BCUT2D eigenvalue weighted by atomic mass is 16.3. The van der Waals surface area contributed by atoms with E-state index in [0.717, 1.165) is 30.2 Å². The summed E-state index contributed by atoms with van der Waals surface area (Å²) in [5, 5.41) is 6.53. The van der Waals surface area contributed by atoms with E-state index in [4.69, 9.17) is 4.42 Å². The molecule has 0 atom stereocenters. The fraction of sp³-hybridized carbons (Fsp3) is 0.412. The van der Waals surface area contributed by atoms with Crippen molar-refractivity contribution in [1.29, 1.82) is 0 Å². The number of aliphatic imine (C=N–C) groups is 1. The SMILES string of the molecule is CN=C(NCCC(C)C)NCc1coc(-c2ccccc2)n1. The average molecular weight is 300 g/mol. The van der Waals surface area contributed by atoms with E-state index in [9.17, 15) is 0 Å². The van der Waals surface area contributed by atoms with E-state index in [1.165, 1.54) is 0 Å². The van der Waals surface area contributed by atoms with Gasteiger partial charge in [0.2, 0.25) is 5.89 Å². The van der Waals surface area contributed by atoms with Crippen LogP contribution in [0.4, 0.5) is 0 Å². The van der Waals surface area contributed by atoms with E-state index in [2.05, 4.69) is 34.5 Å². The van der Waals surface area contributed by atoms with Crippen LogP contribution in [0.2, 0.25) is 0 Å². The molecule has 1 aromatic carbocycles. The maximum atomic E-state index is 5.52. The zero-order valence-corrected chi connectivity index (χ0v) is 13.5. The molecule has 0 unspecified atom stereocenters. The number of nitrogens with zero attached hydrogens (tertiary/aromatic N) is 2. The fourth-order valence-corrected chi connectivity index (χ4v) is 1.98. The Bertz CT molecular complexity index is 590. The summed E-state index contributed by atoms with van der Waals surface area (Å²) in [6.45, 7) is 5.90. The summed E-state index contributed by atoms with van der Waals surface area (Å²) < 4.78 is 5.52. The maximum Gasteiger partial charge on any atom is 0.226 e. The minimum atomic E-state index is 0.581. The molecule has 22 heavy (non-hydrogen) atoms. The van der Waals surface area contributed by atoms with Crippen LogP contribution in [0.15, 0.2) is 46.0 Å². The molecule has 2 rings (SSSR count). The molecule has 0 spiro atoms. The van der Waals surface area contributed by atoms with E-state index < -0.39 is 0 Å². The van der Waals surface area contributed by atoms with Crippen LogP contribution < -0.4 is 10.6 Å². The van der Waals surface area contributed by atoms with Gasteiger partial charge in [0, 0.05) is 19.2 Å². The number of rotatable bonds is 6. The molecular weight excluding hydrogens is 276 g/mol. The van der Waals surface area contributed by atoms with Crippen molar-refractivity contribution < 1.29 is 4.42 Å². The Morgan fingerprint density at radius 2 is 2.00 bits per heavy atom. The summed E-state index contributed by atoms with van der Waals surface area (Å²) in [4.78, 5) is 8.68. The minimum Gasteiger partial charge on any atom is -0.444 e. The lowest BCUT2D eigenvalue weighted by Crippen LogP contribution is -2.37. The molecule has 0 fully saturated rings. The molecule has 1 heterocycles. The minimum absolute atomic E-state index is 0.581. The van der Waals surface area contributed by atoms with Gasteiger partial charge in [-0.2, -0.15) is 0 Å². The summed E-state index contributed by atoms with van der Waals surface area (Å²) >= 11 is 0. The van der Waals surface area contributed by atoms with Crippen molar-refractivity contribution in [2.24, 2.45) is 10.9 Å². The molecule has 0 radical (unpaired) electrons. The molecule has 0 aliphatic rings. The number of aromatic nitrogens is 1. The highest BCUT2D eigenvalue weighted by Crippen LogP contribution is 2.17. The van der Waals surface area contributed by atoms with E-state index in [1.54, 1.807) is 13.3 Å². The van der Waals surface area contributed by atoms with Gasteiger partial charge in [-0.15, -0.1) is 0 Å². The molecule has 0 aliphatic heterocycles. The third kappa shape index (κ3) is 4.91. The first-order valence-corrected chi connectivity index (χ1v) is 7.63. The number of oxazole rings is 1. The molecule has 5 heteroatoms. The van der Waals surface area contributed by atoms with Crippen molar-refractivity contribution in [3.05, 3.63) is 42.3 Å². The number of hydrogen-bond donors (Lipinski definition) is 2. The predicted molar refractivity (Wildman–Crippen MR) is 89.6 cm³/mol. The number of benzene rings is 1. The highest BCUT2D eigenvalue weighted by molar-refractivity contribution is 5.79. The van der Waals surface area contributed by atoms with Gasteiger partial charge in [-0.05, 0) is 24.5 Å². The topological polar surface area (TPSA) is 62.5 Å². The first kappa shape index (κ1) is 16.1. The van der Waals surface area contributed by atoms with Gasteiger partial charge in [0.25, 0.3) is 0 Å². The van der Waals surface area contributed by atoms with Crippen LogP contribution in [0, 0.1) is 5.92 Å². The standard InChI is InChI=1S/C17H24N4O/c1-13(2)9-10-19-17(18-3)20-11-15-12-22-16(21-15)14-7-5-4-6-8-14/h4-8,12-13H,9-11H2,1-3H3,(H2,18,19,20). The Morgan fingerprint density at radius 1 is 1.23 bits per heavy atom. The van der Waals surface area contributed by atoms with Crippen LogP contribution in [-0.2, 0) is 6.54 Å². The Labute approximate surface area is 131 Å². The summed E-state index contributed by atoms with van der Waals surface area (Å²) in [6.07, 6.45) is 2.79. The van der Waals surface area contributed by atoms with E-state index in [1.807, 2.05) is 30.3 Å². The number of guanidine groups is 1. The molecule has 1 aromatic heterocycles. The summed E-state index contributed by atoms with van der Waals surface area (Å²) in [6, 6.07) is 9.88. The Hall–Kier alpha value is -2.30. The second kappa shape index (κ2) is 8.22. The fourth-order valence-electron chi connectivity index (χ4n) is 1.98. The van der Waals surface area contributed by atoms with Gasteiger partial charge in [-0.1, -0.05) is 32.0 Å². The van der Waals surface area contributed by atoms with Gasteiger partial charge in [0.1, 0.15) is 6.26 Å². The molecule has 5 nitrogen and oxygen atoms in total. The van der Waals surface area contributed by atoms with Gasteiger partial charge in [0.05, 0.1) is 12.2 Å². The molecule has 2 aromatic rings. The molecule has 118 valence electrons. The van der Waals surface area contributed by atoms with E-state index in [-0.39, 0.29) is 0 Å².